The molecule has 8 atom stereocenters. The predicted octanol–water partition coefficient (Wildman–Crippen LogP) is 6.29. The van der Waals surface area contributed by atoms with Crippen LogP contribution >= 0.6 is 0 Å². The van der Waals surface area contributed by atoms with E-state index in [9.17, 15) is 0 Å². The van der Waals surface area contributed by atoms with Crippen molar-refractivity contribution >= 4 is 8.32 Å². The lowest BCUT2D eigenvalue weighted by molar-refractivity contribution is -0.245. The fraction of sp³-hybridized carbons (Fsp3) is 1.00. The van der Waals surface area contributed by atoms with Crippen molar-refractivity contribution < 1.29 is 18.6 Å². The predicted molar refractivity (Wildman–Crippen MR) is 128 cm³/mol. The molecule has 5 heteroatoms. The van der Waals surface area contributed by atoms with Crippen molar-refractivity contribution in [3.8, 4) is 0 Å². The molecule has 182 valence electrons. The minimum absolute atomic E-state index is 0.0871. The van der Waals surface area contributed by atoms with Crippen molar-refractivity contribution in [1.29, 1.82) is 0 Å². The van der Waals surface area contributed by atoms with Crippen LogP contribution in [0.25, 0.3) is 0 Å². The molecule has 4 aliphatic carbocycles. The van der Waals surface area contributed by atoms with E-state index >= 15 is 0 Å². The maximum atomic E-state index is 6.94. The van der Waals surface area contributed by atoms with Gasteiger partial charge < -0.3 is 18.6 Å². The minimum Gasteiger partial charge on any atom is -0.414 e. The van der Waals surface area contributed by atoms with Gasteiger partial charge in [-0.15, -0.1) is 0 Å². The molecule has 0 aromatic rings. The lowest BCUT2D eigenvalue weighted by Crippen LogP contribution is -2.61. The van der Waals surface area contributed by atoms with Crippen molar-refractivity contribution in [2.75, 3.05) is 13.2 Å². The summed E-state index contributed by atoms with van der Waals surface area (Å²) in [6.07, 6.45) is 10.6. The zero-order chi connectivity index (χ0) is 22.8. The van der Waals surface area contributed by atoms with Crippen molar-refractivity contribution in [1.82, 2.24) is 0 Å². The Balaban J connectivity index is 1.24. The van der Waals surface area contributed by atoms with Crippen LogP contribution in [-0.4, -0.2) is 45.1 Å². The maximum absolute atomic E-state index is 6.94. The van der Waals surface area contributed by atoms with E-state index in [0.717, 1.165) is 43.8 Å². The molecular formula is C27H46O4Si. The molecule has 2 spiro atoms. The van der Waals surface area contributed by atoms with Crippen molar-refractivity contribution in [2.24, 2.45) is 28.6 Å². The Morgan fingerprint density at radius 2 is 1.50 bits per heavy atom. The van der Waals surface area contributed by atoms with E-state index in [-0.39, 0.29) is 21.8 Å². The van der Waals surface area contributed by atoms with Crippen molar-refractivity contribution in [3.05, 3.63) is 0 Å². The summed E-state index contributed by atoms with van der Waals surface area (Å²) in [6.45, 7) is 18.5. The molecule has 0 amide bonds. The molecule has 4 nitrogen and oxygen atoms in total. The molecule has 0 aromatic carbocycles. The van der Waals surface area contributed by atoms with Gasteiger partial charge in [0, 0.05) is 29.8 Å². The Labute approximate surface area is 196 Å². The SMILES string of the molecule is CC(C)(C)[Si](C)(C)O[C@H]1CC[C@]2(C)[C@H]3CC[C@@]4(C)[C@@H](CCC45OCCO5)[C@@H]3C[C@@H]3O[C@@]32C1. The first-order valence-electron chi connectivity index (χ1n) is 13.5. The minimum atomic E-state index is -1.75. The first kappa shape index (κ1) is 22.5. The van der Waals surface area contributed by atoms with Crippen LogP contribution < -0.4 is 0 Å². The van der Waals surface area contributed by atoms with Gasteiger partial charge in [0.1, 0.15) is 5.60 Å². The number of hydrogen-bond donors (Lipinski definition) is 0. The molecule has 6 aliphatic rings. The first-order chi connectivity index (χ1) is 14.9. The topological polar surface area (TPSA) is 40.2 Å². The standard InChI is InChI=1S/C27H46O4Si/c1-23(2,3)32(6,7)31-18-8-11-24(4)20-9-12-25(5)21(10-13-27(25)28-14-15-29-27)19(20)16-22-26(24,17-18)30-22/h18-22H,8-17H2,1-7H3/t18-,19+,20-,21-,22-,24+,25-,26-/m0/s1. The zero-order valence-electron chi connectivity index (χ0n) is 21.6. The third-order valence-corrected chi connectivity index (χ3v) is 16.6. The summed E-state index contributed by atoms with van der Waals surface area (Å²) < 4.78 is 26.4. The second-order valence-corrected chi connectivity index (χ2v) is 19.0. The van der Waals surface area contributed by atoms with Crippen molar-refractivity contribution in [3.63, 3.8) is 0 Å². The smallest absolute Gasteiger partial charge is 0.192 e. The van der Waals surface area contributed by atoms with Gasteiger partial charge in [0.15, 0.2) is 14.1 Å². The summed E-state index contributed by atoms with van der Waals surface area (Å²) in [6, 6.07) is 0. The summed E-state index contributed by atoms with van der Waals surface area (Å²) in [5.74, 6) is 1.98. The van der Waals surface area contributed by atoms with Gasteiger partial charge in [-0.25, -0.2) is 0 Å². The van der Waals surface area contributed by atoms with E-state index in [1.165, 1.54) is 38.5 Å². The lowest BCUT2D eigenvalue weighted by atomic mass is 9.44. The van der Waals surface area contributed by atoms with Crippen LogP contribution in [0.2, 0.25) is 18.1 Å². The van der Waals surface area contributed by atoms with Crippen LogP contribution in [0.3, 0.4) is 0 Å². The normalized spacial score (nSPS) is 51.7. The molecule has 0 bridgehead atoms. The molecule has 6 fully saturated rings. The van der Waals surface area contributed by atoms with Gasteiger partial charge >= 0.3 is 0 Å². The number of ether oxygens (including phenoxy) is 3. The molecule has 2 aliphatic heterocycles. The Hall–Kier alpha value is 0.0569. The third kappa shape index (κ3) is 2.69. The highest BCUT2D eigenvalue weighted by molar-refractivity contribution is 6.74. The molecule has 0 radical (unpaired) electrons. The summed E-state index contributed by atoms with van der Waals surface area (Å²) in [7, 11) is -1.75. The average molecular weight is 463 g/mol. The molecule has 0 N–H and O–H groups in total. The van der Waals surface area contributed by atoms with Gasteiger partial charge in [-0.05, 0) is 74.4 Å². The second kappa shape index (κ2) is 6.63. The summed E-state index contributed by atoms with van der Waals surface area (Å²) in [5, 5.41) is 0.267. The molecule has 0 aromatic heterocycles. The van der Waals surface area contributed by atoms with E-state index in [4.69, 9.17) is 18.6 Å². The summed E-state index contributed by atoms with van der Waals surface area (Å²) in [5.41, 5.74) is 0.574. The van der Waals surface area contributed by atoms with E-state index in [1.807, 2.05) is 0 Å². The van der Waals surface area contributed by atoms with E-state index in [2.05, 4.69) is 47.7 Å². The Kier molecular flexibility index (Phi) is 4.66. The highest BCUT2D eigenvalue weighted by atomic mass is 28.4. The monoisotopic (exact) mass is 462 g/mol. The van der Waals surface area contributed by atoms with Gasteiger partial charge in [0.25, 0.3) is 0 Å². The molecule has 32 heavy (non-hydrogen) atoms. The third-order valence-electron chi connectivity index (χ3n) is 12.1. The molecule has 2 saturated heterocycles. The summed E-state index contributed by atoms with van der Waals surface area (Å²) in [4.78, 5) is 0. The van der Waals surface area contributed by atoms with Gasteiger partial charge in [-0.3, -0.25) is 0 Å². The van der Waals surface area contributed by atoms with Gasteiger partial charge in [-0.1, -0.05) is 34.6 Å². The zero-order valence-corrected chi connectivity index (χ0v) is 22.6. The van der Waals surface area contributed by atoms with Crippen molar-refractivity contribution in [2.45, 2.75) is 128 Å². The van der Waals surface area contributed by atoms with Crippen LogP contribution in [0.15, 0.2) is 0 Å². The largest absolute Gasteiger partial charge is 0.414 e. The Morgan fingerprint density at radius 3 is 2.19 bits per heavy atom. The summed E-state index contributed by atoms with van der Waals surface area (Å²) >= 11 is 0. The van der Waals surface area contributed by atoms with E-state index in [0.29, 0.717) is 17.6 Å². The van der Waals surface area contributed by atoms with Gasteiger partial charge in [-0.2, -0.15) is 0 Å². The Morgan fingerprint density at radius 1 is 0.875 bits per heavy atom. The highest BCUT2D eigenvalue weighted by Crippen LogP contribution is 2.75. The van der Waals surface area contributed by atoms with Crippen LogP contribution in [0.5, 0.6) is 0 Å². The molecule has 2 heterocycles. The quantitative estimate of drug-likeness (QED) is 0.357. The first-order valence-corrected chi connectivity index (χ1v) is 16.4. The fourth-order valence-corrected chi connectivity index (χ4v) is 10.6. The van der Waals surface area contributed by atoms with E-state index in [1.54, 1.807) is 0 Å². The molecule has 6 rings (SSSR count). The fourth-order valence-electron chi connectivity index (χ4n) is 9.22. The Bertz CT molecular complexity index is 785. The number of epoxide rings is 1. The number of fused-ring (bicyclic) bond motifs is 5. The molecule has 4 saturated carbocycles. The van der Waals surface area contributed by atoms with E-state index < -0.39 is 8.32 Å². The van der Waals surface area contributed by atoms with Crippen LogP contribution in [0.1, 0.15) is 86.0 Å². The van der Waals surface area contributed by atoms with Gasteiger partial charge in [0.05, 0.1) is 19.3 Å². The lowest BCUT2D eigenvalue weighted by Gasteiger charge is -2.60. The average Bonchev–Trinajstić information content (AvgIpc) is 3.06. The van der Waals surface area contributed by atoms with Crippen LogP contribution in [0.4, 0.5) is 0 Å². The van der Waals surface area contributed by atoms with Crippen LogP contribution in [-0.2, 0) is 18.6 Å². The number of hydrogen-bond acceptors (Lipinski definition) is 4. The van der Waals surface area contributed by atoms with Gasteiger partial charge in [0.2, 0.25) is 0 Å². The maximum Gasteiger partial charge on any atom is 0.192 e. The second-order valence-electron chi connectivity index (χ2n) is 14.2. The number of rotatable bonds is 2. The molecule has 0 unspecified atom stereocenters. The highest BCUT2D eigenvalue weighted by Gasteiger charge is 2.77. The van der Waals surface area contributed by atoms with Crippen LogP contribution in [0, 0.1) is 28.6 Å². The molecular weight excluding hydrogens is 416 g/mol.